The van der Waals surface area contributed by atoms with Gasteiger partial charge in [0, 0.05) is 0 Å². The molecule has 0 aliphatic rings. The Bertz CT molecular complexity index is 498. The van der Waals surface area contributed by atoms with Crippen molar-refractivity contribution in [2.45, 2.75) is 12.3 Å². The van der Waals surface area contributed by atoms with Gasteiger partial charge in [-0.2, -0.15) is 5.26 Å². The van der Waals surface area contributed by atoms with Crippen LogP contribution in [-0.4, -0.2) is 4.98 Å². The Hall–Kier alpha value is -1.53. The molecule has 0 bridgehead atoms. The molecule has 0 N–H and O–H groups in total. The molecule has 0 radical (unpaired) electrons. The van der Waals surface area contributed by atoms with Crippen LogP contribution in [0.4, 0.5) is 0 Å². The van der Waals surface area contributed by atoms with E-state index in [1.54, 1.807) is 0 Å². The number of hydrogen-bond acceptors (Lipinski definition) is 3. The number of oxazole rings is 1. The molecule has 3 nitrogen and oxygen atoms in total. The summed E-state index contributed by atoms with van der Waals surface area (Å²) >= 11 is 5.59. The lowest BCUT2D eigenvalue weighted by molar-refractivity contribution is 0.555. The van der Waals surface area contributed by atoms with E-state index in [2.05, 4.69) is 11.1 Å². The fourth-order valence-corrected chi connectivity index (χ4v) is 1.39. The van der Waals surface area contributed by atoms with Crippen molar-refractivity contribution >= 4 is 22.7 Å². The zero-order chi connectivity index (χ0) is 9.97. The molecule has 0 spiro atoms. The van der Waals surface area contributed by atoms with E-state index >= 15 is 0 Å². The van der Waals surface area contributed by atoms with E-state index in [9.17, 15) is 0 Å². The van der Waals surface area contributed by atoms with Gasteiger partial charge in [-0.3, -0.25) is 0 Å². The van der Waals surface area contributed by atoms with Crippen LogP contribution in [0.5, 0.6) is 0 Å². The Labute approximate surface area is 85.9 Å². The highest BCUT2D eigenvalue weighted by atomic mass is 35.5. The maximum Gasteiger partial charge on any atom is 0.210 e. The summed E-state index contributed by atoms with van der Waals surface area (Å²) in [5.74, 6) is 0.776. The quantitative estimate of drug-likeness (QED) is 0.710. The summed E-state index contributed by atoms with van der Waals surface area (Å²) in [6, 6.07) is 7.60. The minimum atomic E-state index is 0.266. The van der Waals surface area contributed by atoms with Crippen LogP contribution in [0.2, 0.25) is 0 Å². The van der Waals surface area contributed by atoms with Crippen molar-refractivity contribution in [3.63, 3.8) is 0 Å². The summed E-state index contributed by atoms with van der Waals surface area (Å²) in [4.78, 5) is 4.17. The van der Waals surface area contributed by atoms with Crippen LogP contribution < -0.4 is 0 Å². The smallest absolute Gasteiger partial charge is 0.210 e. The molecule has 0 saturated carbocycles. The van der Waals surface area contributed by atoms with E-state index in [0.29, 0.717) is 17.9 Å². The molecule has 14 heavy (non-hydrogen) atoms. The maximum atomic E-state index is 8.53. The summed E-state index contributed by atoms with van der Waals surface area (Å²) in [6.45, 7) is 0. The summed E-state index contributed by atoms with van der Waals surface area (Å²) < 4.78 is 5.32. The van der Waals surface area contributed by atoms with Crippen molar-refractivity contribution in [2.24, 2.45) is 0 Å². The molecule has 1 aromatic heterocycles. The first-order valence-electron chi connectivity index (χ1n) is 4.15. The minimum Gasteiger partial charge on any atom is -0.439 e. The van der Waals surface area contributed by atoms with Crippen molar-refractivity contribution < 1.29 is 4.42 Å². The van der Waals surface area contributed by atoms with E-state index in [1.807, 2.05) is 18.2 Å². The molecule has 4 heteroatoms. The lowest BCUT2D eigenvalue weighted by Crippen LogP contribution is -1.80. The molecule has 1 aromatic carbocycles. The number of hydrogen-bond donors (Lipinski definition) is 0. The van der Waals surface area contributed by atoms with Gasteiger partial charge in [-0.25, -0.2) is 4.98 Å². The summed E-state index contributed by atoms with van der Waals surface area (Å²) in [6.07, 6.45) is 0.388. The van der Waals surface area contributed by atoms with Crippen LogP contribution in [-0.2, 0) is 12.3 Å². The number of halogens is 1. The monoisotopic (exact) mass is 206 g/mol. The molecule has 1 heterocycles. The lowest BCUT2D eigenvalue weighted by atomic mass is 10.1. The van der Waals surface area contributed by atoms with Gasteiger partial charge in [0.05, 0.1) is 18.4 Å². The number of nitrogens with zero attached hydrogens (tertiary/aromatic N) is 2. The number of rotatable bonds is 2. The number of nitriles is 1. The second-order valence-corrected chi connectivity index (χ2v) is 3.15. The van der Waals surface area contributed by atoms with E-state index < -0.39 is 0 Å². The SMILES string of the molecule is N#CCc1ccc2oc(CCl)nc2c1. The highest BCUT2D eigenvalue weighted by Crippen LogP contribution is 2.18. The Kier molecular flexibility index (Phi) is 2.38. The van der Waals surface area contributed by atoms with Gasteiger partial charge < -0.3 is 4.42 Å². The molecule has 0 saturated heterocycles. The zero-order valence-electron chi connectivity index (χ0n) is 7.33. The van der Waals surface area contributed by atoms with Crippen molar-refractivity contribution in [2.75, 3.05) is 0 Å². The van der Waals surface area contributed by atoms with Gasteiger partial charge in [-0.15, -0.1) is 11.6 Å². The summed E-state index contributed by atoms with van der Waals surface area (Å²) in [5, 5.41) is 8.53. The van der Waals surface area contributed by atoms with Gasteiger partial charge >= 0.3 is 0 Å². The van der Waals surface area contributed by atoms with Crippen molar-refractivity contribution in [3.8, 4) is 6.07 Å². The first kappa shape index (κ1) is 9.04. The van der Waals surface area contributed by atoms with Crippen molar-refractivity contribution in [3.05, 3.63) is 29.7 Å². The Balaban J connectivity index is 2.49. The molecular weight excluding hydrogens is 200 g/mol. The molecule has 0 unspecified atom stereocenters. The van der Waals surface area contributed by atoms with Crippen LogP contribution >= 0.6 is 11.6 Å². The van der Waals surface area contributed by atoms with Crippen LogP contribution in [0.3, 0.4) is 0 Å². The second kappa shape index (κ2) is 3.69. The largest absolute Gasteiger partial charge is 0.439 e. The Morgan fingerprint density at radius 3 is 3.07 bits per heavy atom. The van der Waals surface area contributed by atoms with Crippen LogP contribution in [0.15, 0.2) is 22.6 Å². The van der Waals surface area contributed by atoms with Crippen LogP contribution in [0, 0.1) is 11.3 Å². The number of aromatic nitrogens is 1. The van der Waals surface area contributed by atoms with Gasteiger partial charge in [-0.05, 0) is 17.7 Å². The van der Waals surface area contributed by atoms with Crippen molar-refractivity contribution in [1.82, 2.24) is 4.98 Å². The van der Waals surface area contributed by atoms with E-state index in [-0.39, 0.29) is 5.88 Å². The van der Waals surface area contributed by atoms with Crippen LogP contribution in [0.25, 0.3) is 11.1 Å². The average Bonchev–Trinajstić information content (AvgIpc) is 2.60. The second-order valence-electron chi connectivity index (χ2n) is 2.88. The molecule has 70 valence electrons. The third-order valence-corrected chi connectivity index (χ3v) is 2.12. The predicted octanol–water partition coefficient (Wildman–Crippen LogP) is 2.63. The maximum absolute atomic E-state index is 8.53. The molecule has 0 fully saturated rings. The van der Waals surface area contributed by atoms with Gasteiger partial charge in [0.25, 0.3) is 0 Å². The molecule has 0 amide bonds. The number of alkyl halides is 1. The normalized spacial score (nSPS) is 10.3. The van der Waals surface area contributed by atoms with Gasteiger partial charge in [0.15, 0.2) is 5.58 Å². The Morgan fingerprint density at radius 1 is 1.50 bits per heavy atom. The van der Waals surface area contributed by atoms with E-state index in [0.717, 1.165) is 11.1 Å². The standard InChI is InChI=1S/C10H7ClN2O/c11-6-10-13-8-5-7(3-4-12)1-2-9(8)14-10/h1-2,5H,3,6H2. The van der Waals surface area contributed by atoms with E-state index in [4.69, 9.17) is 21.3 Å². The van der Waals surface area contributed by atoms with Crippen LogP contribution in [0.1, 0.15) is 11.5 Å². The average molecular weight is 207 g/mol. The summed E-state index contributed by atoms with van der Waals surface area (Å²) in [7, 11) is 0. The fourth-order valence-electron chi connectivity index (χ4n) is 1.28. The third kappa shape index (κ3) is 1.57. The summed E-state index contributed by atoms with van der Waals surface area (Å²) in [5.41, 5.74) is 2.41. The lowest BCUT2D eigenvalue weighted by Gasteiger charge is -1.91. The van der Waals surface area contributed by atoms with Gasteiger partial charge in [0.1, 0.15) is 5.52 Å². The van der Waals surface area contributed by atoms with E-state index in [1.165, 1.54) is 0 Å². The topological polar surface area (TPSA) is 49.8 Å². The predicted molar refractivity (Wildman–Crippen MR) is 52.9 cm³/mol. The molecule has 0 aliphatic carbocycles. The van der Waals surface area contributed by atoms with Gasteiger partial charge in [-0.1, -0.05) is 6.07 Å². The third-order valence-electron chi connectivity index (χ3n) is 1.89. The highest BCUT2D eigenvalue weighted by Gasteiger charge is 2.04. The minimum absolute atomic E-state index is 0.266. The number of fused-ring (bicyclic) bond motifs is 1. The Morgan fingerprint density at radius 2 is 2.36 bits per heavy atom. The molecule has 2 rings (SSSR count). The molecule has 2 aromatic rings. The zero-order valence-corrected chi connectivity index (χ0v) is 8.08. The molecular formula is C10H7ClN2O. The van der Waals surface area contributed by atoms with Crippen molar-refractivity contribution in [1.29, 1.82) is 5.26 Å². The fraction of sp³-hybridized carbons (Fsp3) is 0.200. The first-order valence-corrected chi connectivity index (χ1v) is 4.68. The molecule has 0 atom stereocenters. The first-order chi connectivity index (χ1) is 6.83. The highest BCUT2D eigenvalue weighted by molar-refractivity contribution is 6.16. The molecule has 0 aliphatic heterocycles. The number of benzene rings is 1. The van der Waals surface area contributed by atoms with Gasteiger partial charge in [0.2, 0.25) is 5.89 Å².